The summed E-state index contributed by atoms with van der Waals surface area (Å²) in [4.78, 5) is 24.8. The predicted octanol–water partition coefficient (Wildman–Crippen LogP) is 3.12. The third-order valence-electron chi connectivity index (χ3n) is 4.78. The van der Waals surface area contributed by atoms with Gasteiger partial charge in [-0.05, 0) is 38.8 Å². The number of amides is 1. The molecule has 6 heteroatoms. The Morgan fingerprint density at radius 2 is 1.58 bits per heavy atom. The standard InChI is InChI=1S/C20H27N5O/c1-13-10-14(2)19(15(3)11-13)22-18-12-16(4)21-20(23-18)25-8-6-24(7-9-25)17(5)26/h10-12H,6-9H2,1-5H3,(H,21,22,23). The van der Waals surface area contributed by atoms with Crippen molar-refractivity contribution in [2.24, 2.45) is 0 Å². The maximum Gasteiger partial charge on any atom is 0.227 e. The van der Waals surface area contributed by atoms with Crippen LogP contribution in [0.15, 0.2) is 18.2 Å². The first-order chi connectivity index (χ1) is 12.3. The second-order valence-electron chi connectivity index (χ2n) is 7.09. The highest BCUT2D eigenvalue weighted by Crippen LogP contribution is 2.26. The van der Waals surface area contributed by atoms with E-state index in [1.54, 1.807) is 6.92 Å². The quantitative estimate of drug-likeness (QED) is 0.919. The van der Waals surface area contributed by atoms with Gasteiger partial charge >= 0.3 is 0 Å². The number of nitrogens with one attached hydrogen (secondary N) is 1. The van der Waals surface area contributed by atoms with E-state index in [1.807, 2.05) is 17.9 Å². The monoisotopic (exact) mass is 353 g/mol. The summed E-state index contributed by atoms with van der Waals surface area (Å²) in [6.45, 7) is 12.9. The summed E-state index contributed by atoms with van der Waals surface area (Å²) in [5, 5.41) is 3.47. The second kappa shape index (κ2) is 7.32. The van der Waals surface area contributed by atoms with E-state index >= 15 is 0 Å². The Kier molecular flexibility index (Phi) is 5.11. The van der Waals surface area contributed by atoms with E-state index in [-0.39, 0.29) is 5.91 Å². The smallest absolute Gasteiger partial charge is 0.227 e. The van der Waals surface area contributed by atoms with Gasteiger partial charge in [-0.1, -0.05) is 17.7 Å². The minimum Gasteiger partial charge on any atom is -0.340 e. The number of hydrogen-bond acceptors (Lipinski definition) is 5. The van der Waals surface area contributed by atoms with Crippen LogP contribution in [0.1, 0.15) is 29.3 Å². The van der Waals surface area contributed by atoms with Crippen LogP contribution in [0.25, 0.3) is 0 Å². The molecule has 1 fully saturated rings. The van der Waals surface area contributed by atoms with Gasteiger partial charge in [0.2, 0.25) is 11.9 Å². The topological polar surface area (TPSA) is 61.4 Å². The summed E-state index contributed by atoms with van der Waals surface area (Å²) in [5.41, 5.74) is 5.69. The summed E-state index contributed by atoms with van der Waals surface area (Å²) < 4.78 is 0. The third kappa shape index (κ3) is 3.95. The summed E-state index contributed by atoms with van der Waals surface area (Å²) in [6, 6.07) is 6.31. The molecule has 0 radical (unpaired) electrons. The van der Waals surface area contributed by atoms with E-state index < -0.39 is 0 Å². The molecule has 0 aliphatic carbocycles. The molecular weight excluding hydrogens is 326 g/mol. The molecule has 0 saturated carbocycles. The Balaban J connectivity index is 1.82. The number of anilines is 3. The summed E-state index contributed by atoms with van der Waals surface area (Å²) in [7, 11) is 0. The fourth-order valence-corrected chi connectivity index (χ4v) is 3.48. The summed E-state index contributed by atoms with van der Waals surface area (Å²) in [6.07, 6.45) is 0. The Bertz CT molecular complexity index is 802. The number of nitrogens with zero attached hydrogens (tertiary/aromatic N) is 4. The van der Waals surface area contributed by atoms with Crippen molar-refractivity contribution in [1.29, 1.82) is 0 Å². The fraction of sp³-hybridized carbons (Fsp3) is 0.450. The van der Waals surface area contributed by atoms with E-state index in [0.29, 0.717) is 13.1 Å². The van der Waals surface area contributed by atoms with Crippen LogP contribution in [-0.4, -0.2) is 47.0 Å². The summed E-state index contributed by atoms with van der Waals surface area (Å²) >= 11 is 0. The van der Waals surface area contributed by atoms with Gasteiger partial charge in [-0.25, -0.2) is 4.98 Å². The molecule has 0 spiro atoms. The van der Waals surface area contributed by atoms with Gasteiger partial charge in [0.1, 0.15) is 5.82 Å². The SMILES string of the molecule is CC(=O)N1CCN(c2nc(C)cc(Nc3c(C)cc(C)cc3C)n2)CC1. The van der Waals surface area contributed by atoms with E-state index in [2.05, 4.69) is 48.1 Å². The predicted molar refractivity (Wildman–Crippen MR) is 105 cm³/mol. The van der Waals surface area contributed by atoms with Gasteiger partial charge in [0, 0.05) is 50.6 Å². The molecule has 26 heavy (non-hydrogen) atoms. The van der Waals surface area contributed by atoms with Crippen LogP contribution in [0, 0.1) is 27.7 Å². The first-order valence-corrected chi connectivity index (χ1v) is 9.04. The molecule has 2 aromatic rings. The zero-order chi connectivity index (χ0) is 18.8. The van der Waals surface area contributed by atoms with Crippen molar-refractivity contribution >= 4 is 23.4 Å². The highest BCUT2D eigenvalue weighted by atomic mass is 16.2. The number of hydrogen-bond donors (Lipinski definition) is 1. The van der Waals surface area contributed by atoms with Crippen LogP contribution in [0.4, 0.5) is 17.5 Å². The molecule has 3 rings (SSSR count). The first kappa shape index (κ1) is 18.2. The van der Waals surface area contributed by atoms with Crippen molar-refractivity contribution in [3.8, 4) is 0 Å². The molecule has 0 atom stereocenters. The lowest BCUT2D eigenvalue weighted by molar-refractivity contribution is -0.129. The van der Waals surface area contributed by atoms with Crippen molar-refractivity contribution in [2.45, 2.75) is 34.6 Å². The van der Waals surface area contributed by atoms with Crippen LogP contribution in [0.3, 0.4) is 0 Å². The molecule has 1 saturated heterocycles. The number of carbonyl (C=O) groups is 1. The van der Waals surface area contributed by atoms with Crippen molar-refractivity contribution in [2.75, 3.05) is 36.4 Å². The van der Waals surface area contributed by atoms with Crippen molar-refractivity contribution in [3.05, 3.63) is 40.6 Å². The van der Waals surface area contributed by atoms with E-state index in [0.717, 1.165) is 36.2 Å². The Morgan fingerprint density at radius 3 is 2.15 bits per heavy atom. The molecule has 1 aliphatic heterocycles. The molecule has 2 heterocycles. The lowest BCUT2D eigenvalue weighted by Gasteiger charge is -2.34. The highest BCUT2D eigenvalue weighted by molar-refractivity contribution is 5.73. The Hall–Kier alpha value is -2.63. The van der Waals surface area contributed by atoms with Gasteiger partial charge < -0.3 is 15.1 Å². The molecule has 138 valence electrons. The van der Waals surface area contributed by atoms with Crippen LogP contribution in [-0.2, 0) is 4.79 Å². The Labute approximate surface area is 155 Å². The molecule has 0 bridgehead atoms. The third-order valence-corrected chi connectivity index (χ3v) is 4.78. The minimum atomic E-state index is 0.127. The normalized spacial score (nSPS) is 14.5. The van der Waals surface area contributed by atoms with E-state index in [1.165, 1.54) is 16.7 Å². The van der Waals surface area contributed by atoms with Crippen molar-refractivity contribution in [1.82, 2.24) is 14.9 Å². The zero-order valence-corrected chi connectivity index (χ0v) is 16.3. The number of carbonyl (C=O) groups excluding carboxylic acids is 1. The number of aryl methyl sites for hydroxylation is 4. The van der Waals surface area contributed by atoms with Crippen LogP contribution in [0.5, 0.6) is 0 Å². The van der Waals surface area contributed by atoms with Crippen LogP contribution in [0.2, 0.25) is 0 Å². The van der Waals surface area contributed by atoms with Gasteiger partial charge in [-0.3, -0.25) is 4.79 Å². The summed E-state index contributed by atoms with van der Waals surface area (Å²) in [5.74, 6) is 1.65. The average Bonchev–Trinajstić information content (AvgIpc) is 2.57. The average molecular weight is 353 g/mol. The lowest BCUT2D eigenvalue weighted by atomic mass is 10.1. The lowest BCUT2D eigenvalue weighted by Crippen LogP contribution is -2.48. The molecule has 1 aliphatic rings. The maximum absolute atomic E-state index is 11.5. The fourth-order valence-electron chi connectivity index (χ4n) is 3.48. The zero-order valence-electron chi connectivity index (χ0n) is 16.3. The largest absolute Gasteiger partial charge is 0.340 e. The highest BCUT2D eigenvalue weighted by Gasteiger charge is 2.21. The van der Waals surface area contributed by atoms with Crippen molar-refractivity contribution < 1.29 is 4.79 Å². The molecular formula is C20H27N5O. The van der Waals surface area contributed by atoms with Gasteiger partial charge in [0.25, 0.3) is 0 Å². The maximum atomic E-state index is 11.5. The van der Waals surface area contributed by atoms with Gasteiger partial charge in [0.15, 0.2) is 0 Å². The number of benzene rings is 1. The number of rotatable bonds is 3. The van der Waals surface area contributed by atoms with Crippen LogP contribution < -0.4 is 10.2 Å². The molecule has 0 unspecified atom stereocenters. The first-order valence-electron chi connectivity index (χ1n) is 9.04. The Morgan fingerprint density at radius 1 is 0.962 bits per heavy atom. The minimum absolute atomic E-state index is 0.127. The second-order valence-corrected chi connectivity index (χ2v) is 7.09. The molecule has 1 aromatic heterocycles. The van der Waals surface area contributed by atoms with Gasteiger partial charge in [-0.2, -0.15) is 4.98 Å². The van der Waals surface area contributed by atoms with Crippen molar-refractivity contribution in [3.63, 3.8) is 0 Å². The van der Waals surface area contributed by atoms with Crippen LogP contribution >= 0.6 is 0 Å². The number of piperazine rings is 1. The molecule has 1 amide bonds. The molecule has 1 aromatic carbocycles. The molecule has 1 N–H and O–H groups in total. The van der Waals surface area contributed by atoms with Gasteiger partial charge in [-0.15, -0.1) is 0 Å². The van der Waals surface area contributed by atoms with Gasteiger partial charge in [0.05, 0.1) is 0 Å². The van der Waals surface area contributed by atoms with E-state index in [4.69, 9.17) is 4.98 Å². The number of aromatic nitrogens is 2. The van der Waals surface area contributed by atoms with E-state index in [9.17, 15) is 4.79 Å². The molecule has 6 nitrogen and oxygen atoms in total.